The molecule has 4 heteroatoms. The number of aryl methyl sites for hydroxylation is 1. The Bertz CT molecular complexity index is 895. The molecule has 126 valence electrons. The number of rotatable bonds is 6. The van der Waals surface area contributed by atoms with Gasteiger partial charge >= 0.3 is 0 Å². The first-order valence-corrected chi connectivity index (χ1v) is 8.12. The van der Waals surface area contributed by atoms with E-state index in [1.807, 2.05) is 68.6 Å². The number of benzene rings is 2. The van der Waals surface area contributed by atoms with E-state index in [1.165, 1.54) is 0 Å². The first kappa shape index (κ1) is 16.7. The summed E-state index contributed by atoms with van der Waals surface area (Å²) in [6.07, 6.45) is 4.95. The van der Waals surface area contributed by atoms with E-state index in [1.54, 1.807) is 23.0 Å². The van der Waals surface area contributed by atoms with Gasteiger partial charge in [-0.25, -0.2) is 0 Å². The second-order valence-electron chi connectivity index (χ2n) is 5.78. The molecular formula is C21H20N2O2. The van der Waals surface area contributed by atoms with Crippen molar-refractivity contribution in [1.82, 2.24) is 9.78 Å². The molecule has 0 saturated carbocycles. The molecule has 0 atom stereocenters. The van der Waals surface area contributed by atoms with E-state index in [-0.39, 0.29) is 5.78 Å². The SMILES string of the molecule is Cc1c(C(=O)/C=C/c2ccccc2OCc2ccccc2)cnn1C. The third-order valence-electron chi connectivity index (χ3n) is 4.07. The Labute approximate surface area is 147 Å². The minimum Gasteiger partial charge on any atom is -0.488 e. The van der Waals surface area contributed by atoms with Gasteiger partial charge in [0.2, 0.25) is 0 Å². The second-order valence-corrected chi connectivity index (χ2v) is 5.78. The Morgan fingerprint density at radius 1 is 1.12 bits per heavy atom. The molecule has 0 fully saturated rings. The van der Waals surface area contributed by atoms with Crippen LogP contribution >= 0.6 is 0 Å². The van der Waals surface area contributed by atoms with Gasteiger partial charge in [0, 0.05) is 18.3 Å². The van der Waals surface area contributed by atoms with Crippen LogP contribution < -0.4 is 4.74 Å². The summed E-state index contributed by atoms with van der Waals surface area (Å²) in [5.41, 5.74) is 3.43. The molecule has 0 bridgehead atoms. The van der Waals surface area contributed by atoms with Crippen molar-refractivity contribution in [3.8, 4) is 5.75 Å². The fraction of sp³-hybridized carbons (Fsp3) is 0.143. The predicted molar refractivity (Wildman–Crippen MR) is 98.5 cm³/mol. The largest absolute Gasteiger partial charge is 0.488 e. The molecule has 1 heterocycles. The number of hydrogen-bond acceptors (Lipinski definition) is 3. The number of allylic oxidation sites excluding steroid dienone is 1. The van der Waals surface area contributed by atoms with Crippen molar-refractivity contribution in [2.75, 3.05) is 0 Å². The third-order valence-corrected chi connectivity index (χ3v) is 4.07. The summed E-state index contributed by atoms with van der Waals surface area (Å²) in [6.45, 7) is 2.37. The Kier molecular flexibility index (Phi) is 5.09. The first-order valence-electron chi connectivity index (χ1n) is 8.12. The van der Waals surface area contributed by atoms with Crippen molar-refractivity contribution >= 4 is 11.9 Å². The molecule has 0 aliphatic carbocycles. The van der Waals surface area contributed by atoms with E-state index < -0.39 is 0 Å². The van der Waals surface area contributed by atoms with Crippen LogP contribution in [0.1, 0.15) is 27.2 Å². The molecule has 0 radical (unpaired) electrons. The monoisotopic (exact) mass is 332 g/mol. The molecule has 3 rings (SSSR count). The summed E-state index contributed by atoms with van der Waals surface area (Å²) >= 11 is 0. The Balaban J connectivity index is 1.74. The third kappa shape index (κ3) is 4.04. The van der Waals surface area contributed by atoms with Crippen LogP contribution in [0.2, 0.25) is 0 Å². The number of carbonyl (C=O) groups is 1. The smallest absolute Gasteiger partial charge is 0.189 e. The van der Waals surface area contributed by atoms with Crippen LogP contribution in [0.25, 0.3) is 6.08 Å². The maximum Gasteiger partial charge on any atom is 0.189 e. The lowest BCUT2D eigenvalue weighted by molar-refractivity contribution is 0.104. The quantitative estimate of drug-likeness (QED) is 0.502. The van der Waals surface area contributed by atoms with E-state index >= 15 is 0 Å². The highest BCUT2D eigenvalue weighted by Crippen LogP contribution is 2.21. The van der Waals surface area contributed by atoms with Crippen LogP contribution in [0.15, 0.2) is 66.9 Å². The summed E-state index contributed by atoms with van der Waals surface area (Å²) in [5, 5.41) is 4.11. The molecule has 0 saturated heterocycles. The van der Waals surface area contributed by atoms with E-state index in [0.717, 1.165) is 22.6 Å². The maximum absolute atomic E-state index is 12.4. The van der Waals surface area contributed by atoms with Gasteiger partial charge in [0.25, 0.3) is 0 Å². The molecule has 0 unspecified atom stereocenters. The number of carbonyl (C=O) groups excluding carboxylic acids is 1. The number of ether oxygens (including phenoxy) is 1. The number of aromatic nitrogens is 2. The minimum absolute atomic E-state index is 0.0662. The Hall–Kier alpha value is -3.14. The molecule has 0 aliphatic heterocycles. The first-order chi connectivity index (χ1) is 12.1. The zero-order valence-electron chi connectivity index (χ0n) is 14.3. The van der Waals surface area contributed by atoms with Crippen LogP contribution in [-0.4, -0.2) is 15.6 Å². The molecule has 3 aromatic rings. The molecule has 25 heavy (non-hydrogen) atoms. The molecule has 0 spiro atoms. The van der Waals surface area contributed by atoms with Gasteiger partial charge in [0.15, 0.2) is 5.78 Å². The Morgan fingerprint density at radius 3 is 2.56 bits per heavy atom. The normalized spacial score (nSPS) is 11.0. The van der Waals surface area contributed by atoms with Crippen LogP contribution in [0.5, 0.6) is 5.75 Å². The molecule has 0 N–H and O–H groups in total. The lowest BCUT2D eigenvalue weighted by atomic mass is 10.1. The van der Waals surface area contributed by atoms with Gasteiger partial charge in [-0.2, -0.15) is 5.10 Å². The minimum atomic E-state index is -0.0662. The van der Waals surface area contributed by atoms with Crippen molar-refractivity contribution in [2.45, 2.75) is 13.5 Å². The summed E-state index contributed by atoms with van der Waals surface area (Å²) in [5.74, 6) is 0.682. The van der Waals surface area contributed by atoms with Crippen LogP contribution in [0, 0.1) is 6.92 Å². The van der Waals surface area contributed by atoms with Crippen molar-refractivity contribution < 1.29 is 9.53 Å². The lowest BCUT2D eigenvalue weighted by Crippen LogP contribution is -1.99. The summed E-state index contributed by atoms with van der Waals surface area (Å²) < 4.78 is 7.60. The molecule has 4 nitrogen and oxygen atoms in total. The van der Waals surface area contributed by atoms with Crippen LogP contribution in [-0.2, 0) is 13.7 Å². The number of nitrogens with zero attached hydrogens (tertiary/aromatic N) is 2. The number of ketones is 1. The Morgan fingerprint density at radius 2 is 1.84 bits per heavy atom. The summed E-state index contributed by atoms with van der Waals surface area (Å²) in [6, 6.07) is 17.7. The highest BCUT2D eigenvalue weighted by molar-refractivity contribution is 6.07. The van der Waals surface area contributed by atoms with Crippen molar-refractivity contribution in [3.05, 3.63) is 89.3 Å². The standard InChI is InChI=1S/C21H20N2O2/c1-16-19(14-22-23(16)2)20(24)13-12-18-10-6-7-11-21(18)25-15-17-8-4-3-5-9-17/h3-14H,15H2,1-2H3/b13-12+. The summed E-state index contributed by atoms with van der Waals surface area (Å²) in [4.78, 5) is 12.4. The van der Waals surface area contributed by atoms with Gasteiger partial charge in [-0.3, -0.25) is 9.48 Å². The van der Waals surface area contributed by atoms with Crippen molar-refractivity contribution in [2.24, 2.45) is 7.05 Å². The molecular weight excluding hydrogens is 312 g/mol. The molecule has 0 amide bonds. The van der Waals surface area contributed by atoms with Gasteiger partial charge in [0.05, 0.1) is 11.8 Å². The zero-order chi connectivity index (χ0) is 17.6. The lowest BCUT2D eigenvalue weighted by Gasteiger charge is -2.09. The fourth-order valence-corrected chi connectivity index (χ4v) is 2.48. The molecule has 0 aliphatic rings. The van der Waals surface area contributed by atoms with Gasteiger partial charge in [-0.15, -0.1) is 0 Å². The van der Waals surface area contributed by atoms with E-state index in [4.69, 9.17) is 4.74 Å². The number of hydrogen-bond donors (Lipinski definition) is 0. The van der Waals surface area contributed by atoms with E-state index in [2.05, 4.69) is 5.10 Å². The van der Waals surface area contributed by atoms with Gasteiger partial charge in [0.1, 0.15) is 12.4 Å². The van der Waals surface area contributed by atoms with Crippen LogP contribution in [0.4, 0.5) is 0 Å². The zero-order valence-corrected chi connectivity index (χ0v) is 14.3. The second kappa shape index (κ2) is 7.62. The van der Waals surface area contributed by atoms with Crippen molar-refractivity contribution in [1.29, 1.82) is 0 Å². The average Bonchev–Trinajstić information content (AvgIpc) is 2.98. The average molecular weight is 332 g/mol. The predicted octanol–water partition coefficient (Wildman–Crippen LogP) is 4.20. The van der Waals surface area contributed by atoms with E-state index in [0.29, 0.717) is 12.2 Å². The van der Waals surface area contributed by atoms with Gasteiger partial charge in [-0.1, -0.05) is 48.5 Å². The highest BCUT2D eigenvalue weighted by atomic mass is 16.5. The molecule has 1 aromatic heterocycles. The van der Waals surface area contributed by atoms with Crippen LogP contribution in [0.3, 0.4) is 0 Å². The van der Waals surface area contributed by atoms with Crippen molar-refractivity contribution in [3.63, 3.8) is 0 Å². The number of para-hydroxylation sites is 1. The van der Waals surface area contributed by atoms with Gasteiger partial charge < -0.3 is 4.74 Å². The van der Waals surface area contributed by atoms with Gasteiger partial charge in [-0.05, 0) is 30.7 Å². The van der Waals surface area contributed by atoms with E-state index in [9.17, 15) is 4.79 Å². The topological polar surface area (TPSA) is 44.1 Å². The molecule has 2 aromatic carbocycles. The maximum atomic E-state index is 12.4. The summed E-state index contributed by atoms with van der Waals surface area (Å²) in [7, 11) is 1.82. The fourth-order valence-electron chi connectivity index (χ4n) is 2.48. The highest BCUT2D eigenvalue weighted by Gasteiger charge is 2.10.